The number of rotatable bonds is 2. The number of aryl methyl sites for hydroxylation is 1. The Labute approximate surface area is 109 Å². The monoisotopic (exact) mass is 246 g/mol. The predicted octanol–water partition coefficient (Wildman–Crippen LogP) is 1.42. The molecule has 1 aromatic rings. The molecule has 2 rings (SSSR count). The van der Waals surface area contributed by atoms with Crippen molar-refractivity contribution in [3.8, 4) is 0 Å². The molecule has 1 fully saturated rings. The van der Waals surface area contributed by atoms with Crippen molar-refractivity contribution in [2.45, 2.75) is 19.9 Å². The van der Waals surface area contributed by atoms with E-state index in [0.29, 0.717) is 6.04 Å². The quantitative estimate of drug-likeness (QED) is 0.613. The molecule has 4 nitrogen and oxygen atoms in total. The summed E-state index contributed by atoms with van der Waals surface area (Å²) in [5.41, 5.74) is 8.69. The van der Waals surface area contributed by atoms with Gasteiger partial charge in [-0.1, -0.05) is 0 Å². The molecule has 1 aromatic carbocycles. The maximum absolute atomic E-state index is 7.51. The van der Waals surface area contributed by atoms with Gasteiger partial charge in [0, 0.05) is 36.9 Å². The van der Waals surface area contributed by atoms with Gasteiger partial charge in [0.2, 0.25) is 0 Å². The van der Waals surface area contributed by atoms with Gasteiger partial charge in [-0.05, 0) is 44.7 Å². The summed E-state index contributed by atoms with van der Waals surface area (Å²) < 4.78 is 0. The number of nitrogens with zero attached hydrogens (tertiary/aromatic N) is 2. The van der Waals surface area contributed by atoms with Crippen molar-refractivity contribution >= 4 is 11.5 Å². The number of nitrogens with two attached hydrogens (primary N) is 1. The molecule has 1 heterocycles. The van der Waals surface area contributed by atoms with Crippen LogP contribution in [0, 0.1) is 12.3 Å². The Kier molecular flexibility index (Phi) is 3.57. The van der Waals surface area contributed by atoms with Crippen molar-refractivity contribution < 1.29 is 0 Å². The van der Waals surface area contributed by atoms with Gasteiger partial charge in [-0.3, -0.25) is 5.41 Å². The molecule has 0 amide bonds. The molecule has 98 valence electrons. The van der Waals surface area contributed by atoms with Crippen LogP contribution in [0.25, 0.3) is 0 Å². The van der Waals surface area contributed by atoms with E-state index >= 15 is 0 Å². The first-order valence-electron chi connectivity index (χ1n) is 6.39. The predicted molar refractivity (Wildman–Crippen MR) is 76.5 cm³/mol. The molecule has 0 radical (unpaired) electrons. The summed E-state index contributed by atoms with van der Waals surface area (Å²) in [5, 5.41) is 7.51. The van der Waals surface area contributed by atoms with Crippen LogP contribution >= 0.6 is 0 Å². The van der Waals surface area contributed by atoms with E-state index in [1.165, 1.54) is 5.69 Å². The van der Waals surface area contributed by atoms with Crippen LogP contribution in [0.2, 0.25) is 0 Å². The SMILES string of the molecule is Cc1cc(N2CCN(C)C(C)C2)ccc1C(=N)N. The molecule has 0 spiro atoms. The summed E-state index contributed by atoms with van der Waals surface area (Å²) in [6.45, 7) is 7.46. The molecule has 1 unspecified atom stereocenters. The van der Waals surface area contributed by atoms with Gasteiger partial charge in [0.05, 0.1) is 0 Å². The topological polar surface area (TPSA) is 56.4 Å². The third-order valence-corrected chi connectivity index (χ3v) is 3.82. The number of amidine groups is 1. The van der Waals surface area contributed by atoms with E-state index in [1.54, 1.807) is 0 Å². The van der Waals surface area contributed by atoms with Crippen molar-refractivity contribution in [2.24, 2.45) is 5.73 Å². The van der Waals surface area contributed by atoms with E-state index in [1.807, 2.05) is 13.0 Å². The molecular formula is C14H22N4. The Morgan fingerprint density at radius 3 is 2.67 bits per heavy atom. The first-order chi connectivity index (χ1) is 8.49. The maximum Gasteiger partial charge on any atom is 0.123 e. The Balaban J connectivity index is 2.19. The minimum atomic E-state index is 0.144. The number of likely N-dealkylation sites (N-methyl/N-ethyl adjacent to an activating group) is 1. The molecular weight excluding hydrogens is 224 g/mol. The van der Waals surface area contributed by atoms with Gasteiger partial charge in [-0.15, -0.1) is 0 Å². The second-order valence-electron chi connectivity index (χ2n) is 5.19. The van der Waals surface area contributed by atoms with Crippen molar-refractivity contribution in [3.05, 3.63) is 29.3 Å². The Morgan fingerprint density at radius 2 is 2.11 bits per heavy atom. The van der Waals surface area contributed by atoms with Crippen molar-refractivity contribution in [2.75, 3.05) is 31.6 Å². The molecule has 4 heteroatoms. The van der Waals surface area contributed by atoms with Crippen LogP contribution in [-0.4, -0.2) is 43.5 Å². The fourth-order valence-corrected chi connectivity index (χ4v) is 2.43. The normalized spacial score (nSPS) is 21.1. The number of piperazine rings is 1. The van der Waals surface area contributed by atoms with E-state index in [9.17, 15) is 0 Å². The molecule has 0 aliphatic carbocycles. The Hall–Kier alpha value is -1.55. The van der Waals surface area contributed by atoms with Gasteiger partial charge in [-0.2, -0.15) is 0 Å². The molecule has 0 bridgehead atoms. The van der Waals surface area contributed by atoms with Crippen LogP contribution in [-0.2, 0) is 0 Å². The third kappa shape index (κ3) is 2.48. The zero-order valence-corrected chi connectivity index (χ0v) is 11.4. The van der Waals surface area contributed by atoms with E-state index in [-0.39, 0.29) is 5.84 Å². The number of hydrogen-bond donors (Lipinski definition) is 2. The highest BCUT2D eigenvalue weighted by Crippen LogP contribution is 2.21. The van der Waals surface area contributed by atoms with Crippen LogP contribution in [0.3, 0.4) is 0 Å². The van der Waals surface area contributed by atoms with Crippen LogP contribution < -0.4 is 10.6 Å². The fraction of sp³-hybridized carbons (Fsp3) is 0.500. The number of nitrogen functional groups attached to an aromatic ring is 1. The van der Waals surface area contributed by atoms with Gasteiger partial charge < -0.3 is 15.5 Å². The molecule has 1 aliphatic heterocycles. The highest BCUT2D eigenvalue weighted by Gasteiger charge is 2.21. The largest absolute Gasteiger partial charge is 0.384 e. The number of anilines is 1. The maximum atomic E-state index is 7.51. The van der Waals surface area contributed by atoms with Crippen LogP contribution in [0.5, 0.6) is 0 Å². The summed E-state index contributed by atoms with van der Waals surface area (Å²) >= 11 is 0. The minimum absolute atomic E-state index is 0.144. The first-order valence-corrected chi connectivity index (χ1v) is 6.39. The lowest BCUT2D eigenvalue weighted by Crippen LogP contribution is -2.50. The summed E-state index contributed by atoms with van der Waals surface area (Å²) in [7, 11) is 2.17. The average Bonchev–Trinajstić information content (AvgIpc) is 2.32. The van der Waals surface area contributed by atoms with Gasteiger partial charge >= 0.3 is 0 Å². The van der Waals surface area contributed by atoms with Crippen molar-refractivity contribution in [1.29, 1.82) is 5.41 Å². The lowest BCUT2D eigenvalue weighted by molar-refractivity contribution is 0.234. The first kappa shape index (κ1) is 12.9. The molecule has 1 saturated heterocycles. The van der Waals surface area contributed by atoms with Crippen LogP contribution in [0.1, 0.15) is 18.1 Å². The second-order valence-corrected chi connectivity index (χ2v) is 5.19. The lowest BCUT2D eigenvalue weighted by atomic mass is 10.1. The molecule has 3 N–H and O–H groups in total. The van der Waals surface area contributed by atoms with Crippen LogP contribution in [0.15, 0.2) is 18.2 Å². The summed E-state index contributed by atoms with van der Waals surface area (Å²) in [4.78, 5) is 4.79. The lowest BCUT2D eigenvalue weighted by Gasteiger charge is -2.39. The van der Waals surface area contributed by atoms with E-state index < -0.39 is 0 Å². The fourth-order valence-electron chi connectivity index (χ4n) is 2.43. The summed E-state index contributed by atoms with van der Waals surface area (Å²) in [6.07, 6.45) is 0. The molecule has 0 aromatic heterocycles. The second kappa shape index (κ2) is 4.98. The van der Waals surface area contributed by atoms with Gasteiger partial charge in [0.1, 0.15) is 5.84 Å². The highest BCUT2D eigenvalue weighted by atomic mass is 15.3. The zero-order chi connectivity index (χ0) is 13.3. The number of nitrogens with one attached hydrogen (secondary N) is 1. The summed E-state index contributed by atoms with van der Waals surface area (Å²) in [6, 6.07) is 6.73. The molecule has 1 atom stereocenters. The van der Waals surface area contributed by atoms with E-state index in [4.69, 9.17) is 11.1 Å². The summed E-state index contributed by atoms with van der Waals surface area (Å²) in [5.74, 6) is 0.144. The number of hydrogen-bond acceptors (Lipinski definition) is 3. The standard InChI is InChI=1S/C14H22N4/c1-10-8-12(4-5-13(10)14(15)16)18-7-6-17(3)11(2)9-18/h4-5,8,11H,6-7,9H2,1-3H3,(H3,15,16). The van der Waals surface area contributed by atoms with E-state index in [2.05, 4.69) is 35.9 Å². The molecule has 18 heavy (non-hydrogen) atoms. The van der Waals surface area contributed by atoms with Gasteiger partial charge in [0.15, 0.2) is 0 Å². The smallest absolute Gasteiger partial charge is 0.123 e. The molecule has 0 saturated carbocycles. The average molecular weight is 246 g/mol. The molecule has 1 aliphatic rings. The highest BCUT2D eigenvalue weighted by molar-refractivity contribution is 5.96. The minimum Gasteiger partial charge on any atom is -0.384 e. The Morgan fingerprint density at radius 1 is 1.39 bits per heavy atom. The van der Waals surface area contributed by atoms with Crippen molar-refractivity contribution in [3.63, 3.8) is 0 Å². The van der Waals surface area contributed by atoms with Crippen LogP contribution in [0.4, 0.5) is 5.69 Å². The van der Waals surface area contributed by atoms with Gasteiger partial charge in [0.25, 0.3) is 0 Å². The van der Waals surface area contributed by atoms with Gasteiger partial charge in [-0.25, -0.2) is 0 Å². The third-order valence-electron chi connectivity index (χ3n) is 3.82. The Bertz CT molecular complexity index is 455. The van der Waals surface area contributed by atoms with Crippen molar-refractivity contribution in [1.82, 2.24) is 4.90 Å². The number of benzene rings is 1. The van der Waals surface area contributed by atoms with E-state index in [0.717, 1.165) is 30.8 Å². The zero-order valence-electron chi connectivity index (χ0n) is 11.4.